The fraction of sp³-hybridized carbons (Fsp3) is 0.217. The first kappa shape index (κ1) is 22.6. The fourth-order valence-corrected chi connectivity index (χ4v) is 3.34. The summed E-state index contributed by atoms with van der Waals surface area (Å²) in [5.74, 6) is -1.15. The highest BCUT2D eigenvalue weighted by Crippen LogP contribution is 2.37. The number of hydrogen-bond donors (Lipinski definition) is 3. The maximum absolute atomic E-state index is 12.7. The summed E-state index contributed by atoms with van der Waals surface area (Å²) in [6, 6.07) is 8.44. The number of allylic oxidation sites excluding steroid dienone is 1. The molecule has 11 heteroatoms. The van der Waals surface area contributed by atoms with Crippen LogP contribution in [-0.4, -0.2) is 48.1 Å². The number of ether oxygens (including phenoxy) is 4. The molecule has 2 amide bonds. The molecule has 0 spiro atoms. The summed E-state index contributed by atoms with van der Waals surface area (Å²) in [5, 5.41) is 11.4. The minimum absolute atomic E-state index is 0.113. The molecule has 0 unspecified atom stereocenters. The molecule has 2 aliphatic heterocycles. The number of carbonyl (C=O) groups excluding carboxylic acids is 3. The van der Waals surface area contributed by atoms with Crippen LogP contribution in [0.4, 0.5) is 0 Å². The molecule has 0 aliphatic carbocycles. The highest BCUT2D eigenvalue weighted by Gasteiger charge is 2.28. The van der Waals surface area contributed by atoms with Crippen LogP contribution >= 0.6 is 0 Å². The molecule has 0 radical (unpaired) electrons. The number of carboxylic acids is 1. The largest absolute Gasteiger partial charge is 0.484 e. The summed E-state index contributed by atoms with van der Waals surface area (Å²) >= 11 is 0. The summed E-state index contributed by atoms with van der Waals surface area (Å²) in [7, 11) is 0. The lowest BCUT2D eigenvalue weighted by atomic mass is 10.1. The van der Waals surface area contributed by atoms with Crippen molar-refractivity contribution in [2.45, 2.75) is 18.9 Å². The Bertz CT molecular complexity index is 1200. The molecule has 4 N–H and O–H groups in total. The number of aliphatic carboxylic acids is 1. The lowest BCUT2D eigenvalue weighted by Gasteiger charge is -2.14. The van der Waals surface area contributed by atoms with Gasteiger partial charge in [-0.15, -0.1) is 0 Å². The minimum atomic E-state index is -1.29. The quantitative estimate of drug-likeness (QED) is 0.459. The van der Waals surface area contributed by atoms with Gasteiger partial charge in [0.1, 0.15) is 17.5 Å². The number of fused-ring (bicyclic) bond motifs is 2. The summed E-state index contributed by atoms with van der Waals surface area (Å²) in [6.07, 6.45) is 1.26. The number of rotatable bonds is 9. The molecule has 0 bridgehead atoms. The van der Waals surface area contributed by atoms with Crippen LogP contribution in [0.2, 0.25) is 0 Å². The molecule has 2 aromatic carbocycles. The van der Waals surface area contributed by atoms with E-state index in [-0.39, 0.29) is 42.7 Å². The van der Waals surface area contributed by atoms with E-state index in [1.807, 2.05) is 0 Å². The number of amides is 2. The van der Waals surface area contributed by atoms with Crippen molar-refractivity contribution >= 4 is 29.6 Å². The Morgan fingerprint density at radius 2 is 1.91 bits per heavy atom. The first-order valence-electron chi connectivity index (χ1n) is 10.2. The molecule has 0 saturated heterocycles. The van der Waals surface area contributed by atoms with Crippen molar-refractivity contribution in [3.8, 4) is 23.0 Å². The first-order chi connectivity index (χ1) is 16.3. The maximum Gasteiger partial charge on any atom is 0.326 e. The highest BCUT2D eigenvalue weighted by molar-refractivity contribution is 6.14. The number of ketones is 1. The van der Waals surface area contributed by atoms with Crippen LogP contribution in [0.15, 0.2) is 42.2 Å². The summed E-state index contributed by atoms with van der Waals surface area (Å²) in [6.45, 7) is -0.339. The number of carbonyl (C=O) groups is 4. The lowest BCUT2D eigenvalue weighted by molar-refractivity contribution is -0.142. The first-order valence-corrected chi connectivity index (χ1v) is 10.2. The SMILES string of the molecule is NC(=O)CC[C@H](NC(=O)COc1ccc2c(c1)OC(=Cc1ccc3c(c1)OCO3)C2=O)C(=O)O. The van der Waals surface area contributed by atoms with Crippen molar-refractivity contribution in [3.05, 3.63) is 53.3 Å². The van der Waals surface area contributed by atoms with Crippen LogP contribution in [0, 0.1) is 0 Å². The molecule has 1 atom stereocenters. The molecule has 2 heterocycles. The summed E-state index contributed by atoms with van der Waals surface area (Å²) < 4.78 is 21.7. The predicted octanol–water partition coefficient (Wildman–Crippen LogP) is 1.25. The second-order valence-corrected chi connectivity index (χ2v) is 7.46. The van der Waals surface area contributed by atoms with Crippen LogP contribution in [0.3, 0.4) is 0 Å². The van der Waals surface area contributed by atoms with Gasteiger partial charge in [0.05, 0.1) is 5.56 Å². The third kappa shape index (κ3) is 5.09. The zero-order valence-electron chi connectivity index (χ0n) is 17.7. The zero-order chi connectivity index (χ0) is 24.2. The Kier molecular flexibility index (Phi) is 6.35. The third-order valence-corrected chi connectivity index (χ3v) is 5.02. The standard InChI is InChI=1S/C23H20N2O9/c24-20(26)6-4-15(23(29)30)25-21(27)10-31-13-2-3-14-17(9-13)34-19(22(14)28)8-12-1-5-16-18(7-12)33-11-32-16/h1-3,5,7-9,15H,4,6,10-11H2,(H2,24,26)(H,25,27)(H,29,30)/t15-/m0/s1. The normalized spacial score (nSPS) is 15.4. The van der Waals surface area contributed by atoms with Crippen LogP contribution in [0.25, 0.3) is 6.08 Å². The Balaban J connectivity index is 1.38. The van der Waals surface area contributed by atoms with Crippen molar-refractivity contribution in [2.24, 2.45) is 5.73 Å². The molecule has 0 fully saturated rings. The zero-order valence-corrected chi connectivity index (χ0v) is 17.7. The van der Waals surface area contributed by atoms with E-state index in [4.69, 9.17) is 29.8 Å². The lowest BCUT2D eigenvalue weighted by Crippen LogP contribution is -2.43. The van der Waals surface area contributed by atoms with Gasteiger partial charge in [-0.3, -0.25) is 14.4 Å². The van der Waals surface area contributed by atoms with Gasteiger partial charge in [-0.25, -0.2) is 4.79 Å². The average Bonchev–Trinajstić information content (AvgIpc) is 3.38. The maximum atomic E-state index is 12.7. The Hall–Kier alpha value is -4.54. The van der Waals surface area contributed by atoms with E-state index in [0.29, 0.717) is 22.6 Å². The molecule has 176 valence electrons. The second-order valence-electron chi connectivity index (χ2n) is 7.46. The van der Waals surface area contributed by atoms with Crippen molar-refractivity contribution in [2.75, 3.05) is 13.4 Å². The van der Waals surface area contributed by atoms with E-state index in [9.17, 15) is 19.2 Å². The molecule has 34 heavy (non-hydrogen) atoms. The molecular formula is C23H20N2O9. The van der Waals surface area contributed by atoms with Crippen molar-refractivity contribution in [3.63, 3.8) is 0 Å². The molecule has 2 aliphatic rings. The van der Waals surface area contributed by atoms with Crippen LogP contribution in [0.1, 0.15) is 28.8 Å². The van der Waals surface area contributed by atoms with E-state index in [1.54, 1.807) is 24.3 Å². The Morgan fingerprint density at radius 3 is 2.68 bits per heavy atom. The van der Waals surface area contributed by atoms with E-state index < -0.39 is 30.4 Å². The van der Waals surface area contributed by atoms with Gasteiger partial charge < -0.3 is 35.1 Å². The van der Waals surface area contributed by atoms with Gasteiger partial charge in [-0.1, -0.05) is 6.07 Å². The minimum Gasteiger partial charge on any atom is -0.484 e. The van der Waals surface area contributed by atoms with Gasteiger partial charge in [0.2, 0.25) is 18.5 Å². The number of nitrogens with two attached hydrogens (primary N) is 1. The van der Waals surface area contributed by atoms with Crippen molar-refractivity contribution in [1.82, 2.24) is 5.32 Å². The van der Waals surface area contributed by atoms with Crippen molar-refractivity contribution < 1.29 is 43.2 Å². The number of carboxylic acid groups (broad SMARTS) is 1. The van der Waals surface area contributed by atoms with Crippen LogP contribution in [0.5, 0.6) is 23.0 Å². The molecule has 0 aromatic heterocycles. The Morgan fingerprint density at radius 1 is 1.12 bits per heavy atom. The molecular weight excluding hydrogens is 448 g/mol. The van der Waals surface area contributed by atoms with Crippen molar-refractivity contribution in [1.29, 1.82) is 0 Å². The summed E-state index contributed by atoms with van der Waals surface area (Å²) in [4.78, 5) is 46.8. The van der Waals surface area contributed by atoms with E-state index in [2.05, 4.69) is 5.32 Å². The topological polar surface area (TPSA) is 163 Å². The molecule has 4 rings (SSSR count). The number of benzene rings is 2. The Labute approximate surface area is 193 Å². The van der Waals surface area contributed by atoms with Crippen LogP contribution in [-0.2, 0) is 14.4 Å². The number of hydrogen-bond acceptors (Lipinski definition) is 8. The van der Waals surface area contributed by atoms with Gasteiger partial charge in [-0.2, -0.15) is 0 Å². The monoisotopic (exact) mass is 468 g/mol. The van der Waals surface area contributed by atoms with Gasteiger partial charge in [0, 0.05) is 12.5 Å². The molecule has 2 aromatic rings. The van der Waals surface area contributed by atoms with Gasteiger partial charge in [0.15, 0.2) is 23.9 Å². The molecule has 11 nitrogen and oxygen atoms in total. The number of Topliss-reactive ketones (excluding diaryl/α,β-unsaturated/α-hetero) is 1. The van der Waals surface area contributed by atoms with Crippen LogP contribution < -0.4 is 30.0 Å². The second kappa shape index (κ2) is 9.53. The van der Waals surface area contributed by atoms with E-state index >= 15 is 0 Å². The molecule has 0 saturated carbocycles. The van der Waals surface area contributed by atoms with Gasteiger partial charge in [0.25, 0.3) is 5.91 Å². The average molecular weight is 468 g/mol. The third-order valence-electron chi connectivity index (χ3n) is 5.02. The van der Waals surface area contributed by atoms with E-state index in [1.165, 1.54) is 18.2 Å². The number of primary amides is 1. The number of nitrogens with one attached hydrogen (secondary N) is 1. The van der Waals surface area contributed by atoms with E-state index in [0.717, 1.165) is 0 Å². The van der Waals surface area contributed by atoms with Gasteiger partial charge in [-0.05, 0) is 42.3 Å². The smallest absolute Gasteiger partial charge is 0.326 e. The predicted molar refractivity (Wildman–Crippen MR) is 115 cm³/mol. The van der Waals surface area contributed by atoms with Gasteiger partial charge >= 0.3 is 5.97 Å². The summed E-state index contributed by atoms with van der Waals surface area (Å²) in [5.41, 5.74) is 6.04. The fourth-order valence-electron chi connectivity index (χ4n) is 3.34. The highest BCUT2D eigenvalue weighted by atomic mass is 16.7.